The second-order valence-electron chi connectivity index (χ2n) is 4.90. The number of nitrogens with one attached hydrogen (secondary N) is 1. The zero-order chi connectivity index (χ0) is 14.1. The predicted octanol–water partition coefficient (Wildman–Crippen LogP) is 0.897. The first kappa shape index (κ1) is 14.3. The van der Waals surface area contributed by atoms with Crippen LogP contribution in [0, 0.1) is 0 Å². The standard InChI is InChI=1S/C12H18N2O4S/c1-12(2)17-8-10(18-12)7-14-9-3-5-11(6-4-9)19(13,15)16/h3-6,10,14H,7-8H2,1-2H3,(H2,13,15,16). The van der Waals surface area contributed by atoms with Gasteiger partial charge in [-0.25, -0.2) is 13.6 Å². The molecule has 7 heteroatoms. The minimum atomic E-state index is -3.64. The first-order valence-electron chi connectivity index (χ1n) is 5.95. The molecule has 1 heterocycles. The zero-order valence-electron chi connectivity index (χ0n) is 10.9. The van der Waals surface area contributed by atoms with Crippen LogP contribution in [0.3, 0.4) is 0 Å². The number of anilines is 1. The van der Waals surface area contributed by atoms with Crippen LogP contribution in [-0.2, 0) is 19.5 Å². The molecule has 0 aliphatic carbocycles. The molecule has 1 aliphatic rings. The van der Waals surface area contributed by atoms with Crippen molar-refractivity contribution in [2.45, 2.75) is 30.6 Å². The summed E-state index contributed by atoms with van der Waals surface area (Å²) in [7, 11) is -3.64. The van der Waals surface area contributed by atoms with Crippen LogP contribution < -0.4 is 10.5 Å². The van der Waals surface area contributed by atoms with Gasteiger partial charge in [-0.3, -0.25) is 0 Å². The van der Waals surface area contributed by atoms with Crippen molar-refractivity contribution in [2.24, 2.45) is 5.14 Å². The van der Waals surface area contributed by atoms with Crippen molar-refractivity contribution < 1.29 is 17.9 Å². The topological polar surface area (TPSA) is 90.6 Å². The van der Waals surface area contributed by atoms with E-state index in [4.69, 9.17) is 14.6 Å². The molecular weight excluding hydrogens is 268 g/mol. The fourth-order valence-electron chi connectivity index (χ4n) is 1.86. The minimum Gasteiger partial charge on any atom is -0.382 e. The Morgan fingerprint density at radius 2 is 2.00 bits per heavy atom. The molecule has 0 radical (unpaired) electrons. The van der Waals surface area contributed by atoms with Crippen molar-refractivity contribution in [3.63, 3.8) is 0 Å². The lowest BCUT2D eigenvalue weighted by molar-refractivity contribution is -0.136. The van der Waals surface area contributed by atoms with Crippen molar-refractivity contribution in [3.8, 4) is 0 Å². The number of ether oxygens (including phenoxy) is 2. The van der Waals surface area contributed by atoms with Crippen LogP contribution in [0.1, 0.15) is 13.8 Å². The van der Waals surface area contributed by atoms with E-state index >= 15 is 0 Å². The Hall–Kier alpha value is -1.15. The first-order valence-corrected chi connectivity index (χ1v) is 7.49. The second-order valence-corrected chi connectivity index (χ2v) is 6.46. The summed E-state index contributed by atoms with van der Waals surface area (Å²) in [5.41, 5.74) is 0.806. The van der Waals surface area contributed by atoms with Gasteiger partial charge in [0.15, 0.2) is 5.79 Å². The molecule has 1 atom stereocenters. The van der Waals surface area contributed by atoms with Gasteiger partial charge in [0.25, 0.3) is 0 Å². The summed E-state index contributed by atoms with van der Waals surface area (Å²) in [6, 6.07) is 6.27. The van der Waals surface area contributed by atoms with E-state index in [1.165, 1.54) is 12.1 Å². The highest BCUT2D eigenvalue weighted by molar-refractivity contribution is 7.89. The Morgan fingerprint density at radius 1 is 1.37 bits per heavy atom. The summed E-state index contributed by atoms with van der Waals surface area (Å²) >= 11 is 0. The molecule has 1 fully saturated rings. The number of hydrogen-bond acceptors (Lipinski definition) is 5. The molecule has 0 spiro atoms. The van der Waals surface area contributed by atoms with E-state index in [2.05, 4.69) is 5.32 Å². The van der Waals surface area contributed by atoms with E-state index in [0.717, 1.165) is 5.69 Å². The summed E-state index contributed by atoms with van der Waals surface area (Å²) in [5.74, 6) is -0.538. The maximum absolute atomic E-state index is 11.1. The third-order valence-electron chi connectivity index (χ3n) is 2.78. The van der Waals surface area contributed by atoms with Gasteiger partial charge in [0.1, 0.15) is 6.10 Å². The van der Waals surface area contributed by atoms with Crippen molar-refractivity contribution in [1.29, 1.82) is 0 Å². The van der Waals surface area contributed by atoms with Gasteiger partial charge in [0.2, 0.25) is 10.0 Å². The molecule has 3 N–H and O–H groups in total. The molecule has 1 aromatic rings. The number of rotatable bonds is 4. The van der Waals surface area contributed by atoms with E-state index in [9.17, 15) is 8.42 Å². The van der Waals surface area contributed by atoms with E-state index in [1.807, 2.05) is 13.8 Å². The maximum atomic E-state index is 11.1. The van der Waals surface area contributed by atoms with Gasteiger partial charge in [-0.2, -0.15) is 0 Å². The maximum Gasteiger partial charge on any atom is 0.238 e. The third kappa shape index (κ3) is 3.90. The van der Waals surface area contributed by atoms with E-state index < -0.39 is 15.8 Å². The molecule has 0 aromatic heterocycles. The summed E-state index contributed by atoms with van der Waals surface area (Å²) in [4.78, 5) is 0.0969. The largest absolute Gasteiger partial charge is 0.382 e. The van der Waals surface area contributed by atoms with Gasteiger partial charge in [-0.1, -0.05) is 0 Å². The Kier molecular flexibility index (Phi) is 3.82. The van der Waals surface area contributed by atoms with Crippen molar-refractivity contribution >= 4 is 15.7 Å². The number of hydrogen-bond donors (Lipinski definition) is 2. The predicted molar refractivity (Wildman–Crippen MR) is 71.2 cm³/mol. The molecule has 1 aliphatic heterocycles. The van der Waals surface area contributed by atoms with Gasteiger partial charge >= 0.3 is 0 Å². The molecular formula is C12H18N2O4S. The van der Waals surface area contributed by atoms with E-state index in [0.29, 0.717) is 13.2 Å². The average Bonchev–Trinajstić information content (AvgIpc) is 2.66. The summed E-state index contributed by atoms with van der Waals surface area (Å²) < 4.78 is 33.3. The Bertz CT molecular complexity index is 539. The van der Waals surface area contributed by atoms with Crippen molar-refractivity contribution in [2.75, 3.05) is 18.5 Å². The molecule has 19 heavy (non-hydrogen) atoms. The molecule has 1 saturated heterocycles. The highest BCUT2D eigenvalue weighted by atomic mass is 32.2. The van der Waals surface area contributed by atoms with Crippen LogP contribution in [0.15, 0.2) is 29.2 Å². The zero-order valence-corrected chi connectivity index (χ0v) is 11.7. The van der Waals surface area contributed by atoms with E-state index in [1.54, 1.807) is 12.1 Å². The lowest BCUT2D eigenvalue weighted by atomic mass is 10.3. The van der Waals surface area contributed by atoms with Crippen LogP contribution in [0.5, 0.6) is 0 Å². The molecule has 0 bridgehead atoms. The average molecular weight is 286 g/mol. The number of primary sulfonamides is 1. The SMILES string of the molecule is CC1(C)OCC(CNc2ccc(S(N)(=O)=O)cc2)O1. The quantitative estimate of drug-likeness (QED) is 0.858. The minimum absolute atomic E-state index is 0.0204. The van der Waals surface area contributed by atoms with Gasteiger partial charge in [-0.05, 0) is 38.1 Å². The van der Waals surface area contributed by atoms with Crippen LogP contribution in [-0.4, -0.2) is 33.5 Å². The van der Waals surface area contributed by atoms with Crippen LogP contribution in [0.25, 0.3) is 0 Å². The Morgan fingerprint density at radius 3 is 2.47 bits per heavy atom. The van der Waals surface area contributed by atoms with Crippen LogP contribution in [0.4, 0.5) is 5.69 Å². The van der Waals surface area contributed by atoms with Gasteiger partial charge in [0, 0.05) is 12.2 Å². The summed E-state index contributed by atoms with van der Waals surface area (Å²) in [5, 5.41) is 8.19. The molecule has 6 nitrogen and oxygen atoms in total. The first-order chi connectivity index (χ1) is 8.76. The van der Waals surface area contributed by atoms with Crippen LogP contribution in [0.2, 0.25) is 0 Å². The second kappa shape index (κ2) is 5.09. The van der Waals surface area contributed by atoms with E-state index in [-0.39, 0.29) is 11.0 Å². The van der Waals surface area contributed by atoms with Crippen molar-refractivity contribution in [1.82, 2.24) is 0 Å². The lowest BCUT2D eigenvalue weighted by Gasteiger charge is -2.17. The Balaban J connectivity index is 1.91. The van der Waals surface area contributed by atoms with Crippen molar-refractivity contribution in [3.05, 3.63) is 24.3 Å². The molecule has 0 saturated carbocycles. The highest BCUT2D eigenvalue weighted by Crippen LogP contribution is 2.22. The summed E-state index contributed by atoms with van der Waals surface area (Å²) in [6.45, 7) is 4.87. The number of benzene rings is 1. The molecule has 0 amide bonds. The van der Waals surface area contributed by atoms with Gasteiger partial charge in [0.05, 0.1) is 11.5 Å². The number of nitrogens with two attached hydrogens (primary N) is 1. The normalized spacial score (nSPS) is 22.4. The third-order valence-corrected chi connectivity index (χ3v) is 3.71. The van der Waals surface area contributed by atoms with Gasteiger partial charge in [-0.15, -0.1) is 0 Å². The molecule has 1 aromatic carbocycles. The Labute approximate surface area is 112 Å². The smallest absolute Gasteiger partial charge is 0.238 e. The fraction of sp³-hybridized carbons (Fsp3) is 0.500. The fourth-order valence-corrected chi connectivity index (χ4v) is 2.37. The number of sulfonamides is 1. The highest BCUT2D eigenvalue weighted by Gasteiger charge is 2.32. The lowest BCUT2D eigenvalue weighted by Crippen LogP contribution is -2.26. The van der Waals surface area contributed by atoms with Gasteiger partial charge < -0.3 is 14.8 Å². The molecule has 106 valence electrons. The van der Waals surface area contributed by atoms with Crippen LogP contribution >= 0.6 is 0 Å². The summed E-state index contributed by atoms with van der Waals surface area (Å²) in [6.07, 6.45) is -0.0204. The molecule has 1 unspecified atom stereocenters. The molecule has 2 rings (SSSR count). The monoisotopic (exact) mass is 286 g/mol.